The minimum Gasteiger partial charge on any atom is -0.376 e. The lowest BCUT2D eigenvalue weighted by Gasteiger charge is -2.25. The van der Waals surface area contributed by atoms with Gasteiger partial charge >= 0.3 is 0 Å². The number of benzene rings is 1. The van der Waals surface area contributed by atoms with E-state index in [2.05, 4.69) is 16.7 Å². The summed E-state index contributed by atoms with van der Waals surface area (Å²) < 4.78 is 23.2. The summed E-state index contributed by atoms with van der Waals surface area (Å²) in [4.78, 5) is 12.2. The van der Waals surface area contributed by atoms with Crippen LogP contribution in [0.25, 0.3) is 0 Å². The zero-order valence-corrected chi connectivity index (χ0v) is 14.3. The van der Waals surface area contributed by atoms with Crippen molar-refractivity contribution in [3.8, 4) is 0 Å². The van der Waals surface area contributed by atoms with Gasteiger partial charge in [-0.15, -0.1) is 0 Å². The fourth-order valence-corrected chi connectivity index (χ4v) is 5.71. The maximum Gasteiger partial charge on any atom is 0.239 e. The molecule has 0 spiro atoms. The monoisotopic (exact) mass is 336 g/mol. The number of hydrogen-bond acceptors (Lipinski definition) is 4. The Kier molecular flexibility index (Phi) is 4.36. The molecule has 1 atom stereocenters. The second kappa shape index (κ2) is 6.15. The molecule has 23 heavy (non-hydrogen) atoms. The second-order valence-electron chi connectivity index (χ2n) is 6.95. The summed E-state index contributed by atoms with van der Waals surface area (Å²) in [5.41, 5.74) is 3.09. The van der Waals surface area contributed by atoms with Crippen molar-refractivity contribution in [2.45, 2.75) is 44.6 Å². The van der Waals surface area contributed by atoms with E-state index in [0.29, 0.717) is 6.42 Å². The first-order chi connectivity index (χ1) is 10.9. The van der Waals surface area contributed by atoms with E-state index >= 15 is 0 Å². The molecule has 0 radical (unpaired) electrons. The first-order valence-corrected chi connectivity index (χ1v) is 10.1. The molecule has 126 valence electrons. The van der Waals surface area contributed by atoms with Crippen molar-refractivity contribution < 1.29 is 13.2 Å². The smallest absolute Gasteiger partial charge is 0.239 e. The van der Waals surface area contributed by atoms with Gasteiger partial charge in [-0.25, -0.2) is 8.42 Å². The maximum absolute atomic E-state index is 12.2. The molecule has 1 unspecified atom stereocenters. The van der Waals surface area contributed by atoms with Gasteiger partial charge in [0, 0.05) is 5.69 Å². The zero-order chi connectivity index (χ0) is 16.5. The molecule has 2 aliphatic rings. The Labute approximate surface area is 137 Å². The van der Waals surface area contributed by atoms with Gasteiger partial charge in [0.25, 0.3) is 0 Å². The third-order valence-electron chi connectivity index (χ3n) is 4.78. The van der Waals surface area contributed by atoms with Crippen molar-refractivity contribution in [1.29, 1.82) is 0 Å². The largest absolute Gasteiger partial charge is 0.376 e. The lowest BCUT2D eigenvalue weighted by atomic mass is 9.90. The van der Waals surface area contributed by atoms with Crippen molar-refractivity contribution in [1.82, 2.24) is 5.32 Å². The molecule has 0 aromatic heterocycles. The number of hydrogen-bond donors (Lipinski definition) is 2. The number of sulfone groups is 1. The third-order valence-corrected chi connectivity index (χ3v) is 6.68. The summed E-state index contributed by atoms with van der Waals surface area (Å²) in [6, 6.07) is 6.19. The topological polar surface area (TPSA) is 75.3 Å². The molecule has 1 aromatic rings. The molecule has 0 bridgehead atoms. The number of carbonyl (C=O) groups is 1. The normalized spacial score (nSPS) is 25.6. The minimum atomic E-state index is -3.01. The second-order valence-corrected chi connectivity index (χ2v) is 9.14. The molecular weight excluding hydrogens is 312 g/mol. The number of carbonyl (C=O) groups excluding carboxylic acids is 1. The van der Waals surface area contributed by atoms with E-state index in [1.54, 1.807) is 6.92 Å². The highest BCUT2D eigenvalue weighted by molar-refractivity contribution is 7.91. The number of nitrogens with one attached hydrogen (secondary N) is 2. The van der Waals surface area contributed by atoms with Gasteiger partial charge in [-0.1, -0.05) is 12.1 Å². The SMILES string of the molecule is CC1(NC(=O)CNc2cccc3c2CCCC3)CCS(=O)(=O)C1. The van der Waals surface area contributed by atoms with Crippen LogP contribution in [0.15, 0.2) is 18.2 Å². The highest BCUT2D eigenvalue weighted by Gasteiger charge is 2.39. The Morgan fingerprint density at radius 3 is 2.78 bits per heavy atom. The van der Waals surface area contributed by atoms with Crippen LogP contribution in [0, 0.1) is 0 Å². The van der Waals surface area contributed by atoms with Gasteiger partial charge in [-0.05, 0) is 56.2 Å². The van der Waals surface area contributed by atoms with E-state index in [1.165, 1.54) is 24.0 Å². The average Bonchev–Trinajstić information content (AvgIpc) is 2.78. The van der Waals surface area contributed by atoms with Crippen LogP contribution in [0.4, 0.5) is 5.69 Å². The molecule has 0 saturated carbocycles. The van der Waals surface area contributed by atoms with Crippen LogP contribution in [0.3, 0.4) is 0 Å². The fourth-order valence-electron chi connectivity index (χ4n) is 3.61. The first-order valence-electron chi connectivity index (χ1n) is 8.23. The fraction of sp³-hybridized carbons (Fsp3) is 0.588. The van der Waals surface area contributed by atoms with Crippen molar-refractivity contribution in [2.75, 3.05) is 23.4 Å². The molecule has 1 amide bonds. The Hall–Kier alpha value is -1.56. The summed E-state index contributed by atoms with van der Waals surface area (Å²) >= 11 is 0. The quantitative estimate of drug-likeness (QED) is 0.877. The van der Waals surface area contributed by atoms with Gasteiger partial charge in [-0.2, -0.15) is 0 Å². The molecule has 5 nitrogen and oxygen atoms in total. The molecule has 1 aliphatic heterocycles. The highest BCUT2D eigenvalue weighted by atomic mass is 32.2. The lowest BCUT2D eigenvalue weighted by molar-refractivity contribution is -0.120. The van der Waals surface area contributed by atoms with E-state index < -0.39 is 15.4 Å². The molecule has 3 rings (SSSR count). The summed E-state index contributed by atoms with van der Waals surface area (Å²) in [5, 5.41) is 6.10. The van der Waals surface area contributed by atoms with Gasteiger partial charge in [-0.3, -0.25) is 4.79 Å². The zero-order valence-electron chi connectivity index (χ0n) is 13.5. The molecular formula is C17H24N2O3S. The van der Waals surface area contributed by atoms with E-state index in [9.17, 15) is 13.2 Å². The molecule has 1 aromatic carbocycles. The number of aryl methyl sites for hydroxylation is 1. The number of anilines is 1. The molecule has 1 fully saturated rings. The summed E-state index contributed by atoms with van der Waals surface area (Å²) in [5.74, 6) is 0.0357. The van der Waals surface area contributed by atoms with Crippen LogP contribution in [0.5, 0.6) is 0 Å². The van der Waals surface area contributed by atoms with Crippen molar-refractivity contribution >= 4 is 21.4 Å². The molecule has 1 heterocycles. The van der Waals surface area contributed by atoms with Crippen LogP contribution in [0.2, 0.25) is 0 Å². The van der Waals surface area contributed by atoms with Gasteiger partial charge in [0.1, 0.15) is 0 Å². The van der Waals surface area contributed by atoms with E-state index in [-0.39, 0.29) is 24.0 Å². The van der Waals surface area contributed by atoms with Crippen molar-refractivity contribution in [3.63, 3.8) is 0 Å². The Morgan fingerprint density at radius 2 is 2.04 bits per heavy atom. The molecule has 1 saturated heterocycles. The van der Waals surface area contributed by atoms with Crippen LogP contribution >= 0.6 is 0 Å². The summed E-state index contributed by atoms with van der Waals surface area (Å²) in [6.45, 7) is 1.98. The summed E-state index contributed by atoms with van der Waals surface area (Å²) in [6.07, 6.45) is 5.06. The van der Waals surface area contributed by atoms with Crippen molar-refractivity contribution in [2.24, 2.45) is 0 Å². The highest BCUT2D eigenvalue weighted by Crippen LogP contribution is 2.28. The van der Waals surface area contributed by atoms with E-state index in [1.807, 2.05) is 12.1 Å². The van der Waals surface area contributed by atoms with Crippen LogP contribution < -0.4 is 10.6 Å². The molecule has 1 aliphatic carbocycles. The number of rotatable bonds is 4. The van der Waals surface area contributed by atoms with Crippen LogP contribution in [-0.2, 0) is 27.5 Å². The van der Waals surface area contributed by atoms with Crippen molar-refractivity contribution in [3.05, 3.63) is 29.3 Å². The van der Waals surface area contributed by atoms with E-state index in [0.717, 1.165) is 18.5 Å². The third kappa shape index (κ3) is 3.86. The van der Waals surface area contributed by atoms with Crippen LogP contribution in [0.1, 0.15) is 37.3 Å². The van der Waals surface area contributed by atoms with Gasteiger partial charge < -0.3 is 10.6 Å². The molecule has 2 N–H and O–H groups in total. The Morgan fingerprint density at radius 1 is 1.26 bits per heavy atom. The van der Waals surface area contributed by atoms with Gasteiger partial charge in [0.2, 0.25) is 5.91 Å². The van der Waals surface area contributed by atoms with Gasteiger partial charge in [0.05, 0.1) is 23.6 Å². The lowest BCUT2D eigenvalue weighted by Crippen LogP contribution is -2.48. The number of amides is 1. The summed E-state index contributed by atoms with van der Waals surface area (Å²) in [7, 11) is -3.01. The minimum absolute atomic E-state index is 0.0342. The van der Waals surface area contributed by atoms with E-state index in [4.69, 9.17) is 0 Å². The first kappa shape index (κ1) is 16.3. The Balaban J connectivity index is 1.60. The predicted molar refractivity (Wildman–Crippen MR) is 91.4 cm³/mol. The maximum atomic E-state index is 12.2. The average molecular weight is 336 g/mol. The predicted octanol–water partition coefficient (Wildman–Crippen LogP) is 1.67. The van der Waals surface area contributed by atoms with Gasteiger partial charge in [0.15, 0.2) is 9.84 Å². The Bertz CT molecular complexity index is 715. The molecule has 6 heteroatoms. The van der Waals surface area contributed by atoms with Crippen LogP contribution in [-0.4, -0.2) is 37.9 Å². The standard InChI is InChI=1S/C17H24N2O3S/c1-17(9-10-23(21,22)12-17)19-16(20)11-18-15-8-4-6-13-5-2-3-7-14(13)15/h4,6,8,18H,2-3,5,7,9-12H2,1H3,(H,19,20). The number of fused-ring (bicyclic) bond motifs is 1.